The Morgan fingerprint density at radius 3 is 2.38 bits per heavy atom. The lowest BCUT2D eigenvalue weighted by atomic mass is 10.1. The molecule has 1 fully saturated rings. The highest BCUT2D eigenvalue weighted by molar-refractivity contribution is 5.76. The Kier molecular flexibility index (Phi) is 6.65. The average Bonchev–Trinajstić information content (AvgIpc) is 2.15. The van der Waals surface area contributed by atoms with E-state index in [0.717, 1.165) is 32.4 Å². The summed E-state index contributed by atoms with van der Waals surface area (Å²) in [4.78, 5) is 13.5. The van der Waals surface area contributed by atoms with E-state index in [-0.39, 0.29) is 7.43 Å². The third-order valence-corrected chi connectivity index (χ3v) is 2.45. The summed E-state index contributed by atoms with van der Waals surface area (Å²) in [6, 6.07) is 0. The highest BCUT2D eigenvalue weighted by atomic mass is 16.2. The van der Waals surface area contributed by atoms with Crippen LogP contribution < -0.4 is 0 Å². The summed E-state index contributed by atoms with van der Waals surface area (Å²) in [5.41, 5.74) is 0. The topological polar surface area (TPSA) is 20.3 Å². The highest BCUT2D eigenvalue weighted by Crippen LogP contribution is 2.10. The number of piperidine rings is 1. The van der Waals surface area contributed by atoms with Gasteiger partial charge >= 0.3 is 0 Å². The van der Waals surface area contributed by atoms with Crippen molar-refractivity contribution in [2.24, 2.45) is 0 Å². The van der Waals surface area contributed by atoms with Crippen LogP contribution in [0.3, 0.4) is 0 Å². The molecule has 78 valence electrons. The lowest BCUT2D eigenvalue weighted by Crippen LogP contribution is -2.35. The Bertz CT molecular complexity index is 139. The molecule has 1 rings (SSSR count). The third-order valence-electron chi connectivity index (χ3n) is 2.45. The van der Waals surface area contributed by atoms with Gasteiger partial charge in [0, 0.05) is 19.5 Å². The van der Waals surface area contributed by atoms with E-state index in [1.807, 2.05) is 4.90 Å². The maximum absolute atomic E-state index is 11.5. The van der Waals surface area contributed by atoms with E-state index >= 15 is 0 Å². The fourth-order valence-electron chi connectivity index (χ4n) is 1.63. The summed E-state index contributed by atoms with van der Waals surface area (Å²) >= 11 is 0. The van der Waals surface area contributed by atoms with Crippen molar-refractivity contribution in [3.63, 3.8) is 0 Å². The van der Waals surface area contributed by atoms with Gasteiger partial charge in [0.15, 0.2) is 0 Å². The van der Waals surface area contributed by atoms with E-state index in [1.165, 1.54) is 19.3 Å². The smallest absolute Gasteiger partial charge is 0.222 e. The van der Waals surface area contributed by atoms with Crippen molar-refractivity contribution in [3.8, 4) is 0 Å². The first kappa shape index (κ1) is 12.5. The van der Waals surface area contributed by atoms with Crippen LogP contribution in [0.25, 0.3) is 0 Å². The first-order valence-electron chi connectivity index (χ1n) is 5.12. The normalized spacial score (nSPS) is 16.5. The molecule has 0 aliphatic carbocycles. The second-order valence-electron chi connectivity index (χ2n) is 3.55. The molecule has 0 aromatic rings. The molecule has 1 heterocycles. The number of unbranched alkanes of at least 4 members (excludes halogenated alkanes) is 1. The molecule has 0 unspecified atom stereocenters. The first-order valence-corrected chi connectivity index (χ1v) is 5.12. The van der Waals surface area contributed by atoms with Crippen LogP contribution in [0.5, 0.6) is 0 Å². The number of amides is 1. The highest BCUT2D eigenvalue weighted by Gasteiger charge is 2.14. The van der Waals surface area contributed by atoms with E-state index in [0.29, 0.717) is 5.91 Å². The van der Waals surface area contributed by atoms with E-state index in [2.05, 4.69) is 6.92 Å². The van der Waals surface area contributed by atoms with Crippen molar-refractivity contribution < 1.29 is 4.79 Å². The molecule has 0 N–H and O–H groups in total. The number of carbonyl (C=O) groups is 1. The van der Waals surface area contributed by atoms with Gasteiger partial charge in [0.2, 0.25) is 5.91 Å². The molecule has 0 spiro atoms. The monoisotopic (exact) mass is 185 g/mol. The molecule has 0 aromatic carbocycles. The minimum Gasteiger partial charge on any atom is -0.343 e. The quantitative estimate of drug-likeness (QED) is 0.662. The molecule has 1 saturated heterocycles. The van der Waals surface area contributed by atoms with Crippen LogP contribution in [0.2, 0.25) is 0 Å². The zero-order valence-corrected chi connectivity index (χ0v) is 8.01. The minimum absolute atomic E-state index is 0. The summed E-state index contributed by atoms with van der Waals surface area (Å²) in [7, 11) is 0. The molecule has 0 radical (unpaired) electrons. The van der Waals surface area contributed by atoms with Crippen LogP contribution in [-0.2, 0) is 4.79 Å². The summed E-state index contributed by atoms with van der Waals surface area (Å²) in [5.74, 6) is 0.372. The molecule has 1 amide bonds. The van der Waals surface area contributed by atoms with Crippen molar-refractivity contribution >= 4 is 5.91 Å². The Balaban J connectivity index is 0.00000144. The lowest BCUT2D eigenvalue weighted by molar-refractivity contribution is -0.132. The Morgan fingerprint density at radius 1 is 1.23 bits per heavy atom. The van der Waals surface area contributed by atoms with Crippen molar-refractivity contribution in [2.45, 2.75) is 52.9 Å². The number of hydrogen-bond donors (Lipinski definition) is 0. The van der Waals surface area contributed by atoms with Gasteiger partial charge in [0.05, 0.1) is 0 Å². The van der Waals surface area contributed by atoms with E-state index < -0.39 is 0 Å². The van der Waals surface area contributed by atoms with Crippen LogP contribution in [0, 0.1) is 0 Å². The van der Waals surface area contributed by atoms with Crippen molar-refractivity contribution in [2.75, 3.05) is 13.1 Å². The van der Waals surface area contributed by atoms with Gasteiger partial charge in [-0.1, -0.05) is 20.8 Å². The Hall–Kier alpha value is -0.530. The van der Waals surface area contributed by atoms with Crippen LogP contribution in [-0.4, -0.2) is 23.9 Å². The number of likely N-dealkylation sites (tertiary alicyclic amines) is 1. The van der Waals surface area contributed by atoms with Gasteiger partial charge in [-0.25, -0.2) is 0 Å². The van der Waals surface area contributed by atoms with E-state index in [4.69, 9.17) is 0 Å². The number of hydrogen-bond acceptors (Lipinski definition) is 1. The molecule has 0 bridgehead atoms. The van der Waals surface area contributed by atoms with E-state index in [1.54, 1.807) is 0 Å². The first-order chi connectivity index (χ1) is 5.84. The molecular weight excluding hydrogens is 162 g/mol. The van der Waals surface area contributed by atoms with Crippen LogP contribution >= 0.6 is 0 Å². The van der Waals surface area contributed by atoms with Gasteiger partial charge in [-0.15, -0.1) is 0 Å². The zero-order chi connectivity index (χ0) is 8.81. The van der Waals surface area contributed by atoms with Crippen LogP contribution in [0.1, 0.15) is 52.9 Å². The molecule has 0 aromatic heterocycles. The van der Waals surface area contributed by atoms with Gasteiger partial charge in [0.1, 0.15) is 0 Å². The van der Waals surface area contributed by atoms with E-state index in [9.17, 15) is 4.79 Å². The third kappa shape index (κ3) is 4.30. The summed E-state index contributed by atoms with van der Waals surface area (Å²) < 4.78 is 0. The maximum Gasteiger partial charge on any atom is 0.222 e. The fraction of sp³-hybridized carbons (Fsp3) is 0.909. The minimum atomic E-state index is 0. The second-order valence-corrected chi connectivity index (χ2v) is 3.55. The standard InChI is InChI=1S/C10H19NO.CH4/c1-2-3-7-10(12)11-8-5-4-6-9-11;/h2-9H2,1H3;1H4. The SMILES string of the molecule is C.CCCCC(=O)N1CCCCC1. The molecule has 1 aliphatic heterocycles. The molecular formula is C11H23NO. The molecule has 2 nitrogen and oxygen atoms in total. The zero-order valence-electron chi connectivity index (χ0n) is 8.01. The van der Waals surface area contributed by atoms with Crippen molar-refractivity contribution in [1.29, 1.82) is 0 Å². The number of carbonyl (C=O) groups excluding carboxylic acids is 1. The Labute approximate surface area is 82.3 Å². The maximum atomic E-state index is 11.5. The molecule has 2 heteroatoms. The summed E-state index contributed by atoms with van der Waals surface area (Å²) in [5, 5.41) is 0. The van der Waals surface area contributed by atoms with Crippen LogP contribution in [0.4, 0.5) is 0 Å². The fourth-order valence-corrected chi connectivity index (χ4v) is 1.63. The van der Waals surface area contributed by atoms with Gasteiger partial charge in [-0.3, -0.25) is 4.79 Å². The van der Waals surface area contributed by atoms with Gasteiger partial charge in [-0.05, 0) is 25.7 Å². The Morgan fingerprint density at radius 2 is 1.85 bits per heavy atom. The van der Waals surface area contributed by atoms with Crippen LogP contribution in [0.15, 0.2) is 0 Å². The molecule has 13 heavy (non-hydrogen) atoms. The van der Waals surface area contributed by atoms with Crippen molar-refractivity contribution in [1.82, 2.24) is 4.90 Å². The largest absolute Gasteiger partial charge is 0.343 e. The van der Waals surface area contributed by atoms with Crippen molar-refractivity contribution in [3.05, 3.63) is 0 Å². The van der Waals surface area contributed by atoms with Gasteiger partial charge < -0.3 is 4.90 Å². The summed E-state index contributed by atoms with van der Waals surface area (Å²) in [6.45, 7) is 4.13. The van der Waals surface area contributed by atoms with Gasteiger partial charge in [-0.2, -0.15) is 0 Å². The number of rotatable bonds is 3. The molecule has 0 atom stereocenters. The lowest BCUT2D eigenvalue weighted by Gasteiger charge is -2.26. The second kappa shape index (κ2) is 6.93. The predicted octanol–water partition coefficient (Wildman–Crippen LogP) is 2.83. The molecule has 1 aliphatic rings. The van der Waals surface area contributed by atoms with Gasteiger partial charge in [0.25, 0.3) is 0 Å². The average molecular weight is 185 g/mol. The summed E-state index contributed by atoms with van der Waals surface area (Å²) in [6.07, 6.45) is 6.65. The molecule has 0 saturated carbocycles. The predicted molar refractivity (Wildman–Crippen MR) is 56.7 cm³/mol. The number of nitrogens with zero attached hydrogens (tertiary/aromatic N) is 1.